The number of nitrogens with zero attached hydrogens (tertiary/aromatic N) is 3. The normalized spacial score (nSPS) is 20.5. The summed E-state index contributed by atoms with van der Waals surface area (Å²) in [5, 5.41) is 26.8. The van der Waals surface area contributed by atoms with Crippen molar-refractivity contribution in [1.29, 1.82) is 0 Å². The van der Waals surface area contributed by atoms with E-state index >= 15 is 0 Å². The second-order valence-electron chi connectivity index (χ2n) is 8.91. The van der Waals surface area contributed by atoms with Crippen LogP contribution in [-0.2, 0) is 27.5 Å². The average molecular weight is 527 g/mol. The van der Waals surface area contributed by atoms with Crippen molar-refractivity contribution in [2.75, 3.05) is 13.1 Å². The summed E-state index contributed by atoms with van der Waals surface area (Å²) in [6.45, 7) is 0.459. The summed E-state index contributed by atoms with van der Waals surface area (Å²) in [5.41, 5.74) is 0.975. The first-order chi connectivity index (χ1) is 18.2. The van der Waals surface area contributed by atoms with E-state index in [4.69, 9.17) is 9.47 Å². The minimum Gasteiger partial charge on any atom is -0.445 e. The van der Waals surface area contributed by atoms with Crippen LogP contribution in [0.25, 0.3) is 0 Å². The molecule has 2 N–H and O–H groups in total. The third-order valence-electron chi connectivity index (χ3n) is 6.55. The molecule has 3 atom stereocenters. The number of likely N-dealkylation sites (tertiary alicyclic amines) is 1. The number of carbonyl (C=O) groups excluding carboxylic acids is 3. The molecule has 4 rings (SSSR count). The fraction of sp³-hybridized carbons (Fsp3) is 0.375. The molecular formula is C24H25N5O9. The van der Waals surface area contributed by atoms with Gasteiger partial charge in [0.05, 0.1) is 9.85 Å². The SMILES string of the molecule is O=C(NC1C(=O)NCC1C1CCCN1C(=O)OCc1ccc([N+](=O)[O-])cc1)OCc1ccc([N+](=O)[O-])cc1. The van der Waals surface area contributed by atoms with E-state index in [9.17, 15) is 34.6 Å². The fourth-order valence-corrected chi connectivity index (χ4v) is 4.61. The highest BCUT2D eigenvalue weighted by molar-refractivity contribution is 5.88. The Hall–Kier alpha value is -4.75. The fourth-order valence-electron chi connectivity index (χ4n) is 4.61. The monoisotopic (exact) mass is 527 g/mol. The number of carbonyl (C=O) groups is 3. The Morgan fingerprint density at radius 2 is 1.50 bits per heavy atom. The molecule has 3 unspecified atom stereocenters. The van der Waals surface area contributed by atoms with Gasteiger partial charge in [-0.1, -0.05) is 0 Å². The van der Waals surface area contributed by atoms with Crippen molar-refractivity contribution in [1.82, 2.24) is 15.5 Å². The number of nitro groups is 2. The Morgan fingerprint density at radius 1 is 0.947 bits per heavy atom. The van der Waals surface area contributed by atoms with Gasteiger partial charge < -0.3 is 25.0 Å². The van der Waals surface area contributed by atoms with Crippen LogP contribution in [0, 0.1) is 26.1 Å². The molecule has 2 aromatic rings. The zero-order valence-corrected chi connectivity index (χ0v) is 20.1. The highest BCUT2D eigenvalue weighted by atomic mass is 16.6. The van der Waals surface area contributed by atoms with Gasteiger partial charge in [-0.15, -0.1) is 0 Å². The van der Waals surface area contributed by atoms with Crippen LogP contribution < -0.4 is 10.6 Å². The molecule has 14 heteroatoms. The zero-order chi connectivity index (χ0) is 27.2. The molecule has 0 bridgehead atoms. The van der Waals surface area contributed by atoms with Gasteiger partial charge in [0.15, 0.2) is 0 Å². The number of non-ortho nitro benzene ring substituents is 2. The van der Waals surface area contributed by atoms with Gasteiger partial charge >= 0.3 is 12.2 Å². The van der Waals surface area contributed by atoms with Crippen LogP contribution in [0.5, 0.6) is 0 Å². The van der Waals surface area contributed by atoms with Crippen molar-refractivity contribution in [3.63, 3.8) is 0 Å². The third kappa shape index (κ3) is 6.14. The smallest absolute Gasteiger partial charge is 0.410 e. The molecule has 2 fully saturated rings. The first-order valence-electron chi connectivity index (χ1n) is 11.8. The van der Waals surface area contributed by atoms with Crippen LogP contribution in [-0.4, -0.2) is 58.0 Å². The van der Waals surface area contributed by atoms with Gasteiger partial charge in [-0.3, -0.25) is 25.0 Å². The van der Waals surface area contributed by atoms with Crippen LogP contribution in [0.2, 0.25) is 0 Å². The topological polar surface area (TPSA) is 183 Å². The number of benzene rings is 2. The number of nitro benzene ring substituents is 2. The van der Waals surface area contributed by atoms with Crippen molar-refractivity contribution < 1.29 is 33.7 Å². The zero-order valence-electron chi connectivity index (χ0n) is 20.1. The quantitative estimate of drug-likeness (QED) is 0.385. The summed E-state index contributed by atoms with van der Waals surface area (Å²) in [6, 6.07) is 9.92. The summed E-state index contributed by atoms with van der Waals surface area (Å²) >= 11 is 0. The van der Waals surface area contributed by atoms with Gasteiger partial charge in [0, 0.05) is 49.3 Å². The molecule has 0 spiro atoms. The van der Waals surface area contributed by atoms with Gasteiger partial charge in [-0.05, 0) is 48.2 Å². The van der Waals surface area contributed by atoms with E-state index in [2.05, 4.69) is 10.6 Å². The molecule has 2 aliphatic heterocycles. The number of hydrogen-bond acceptors (Lipinski definition) is 9. The Morgan fingerprint density at radius 3 is 2.05 bits per heavy atom. The lowest BCUT2D eigenvalue weighted by atomic mass is 9.92. The molecular weight excluding hydrogens is 502 g/mol. The third-order valence-corrected chi connectivity index (χ3v) is 6.55. The number of alkyl carbamates (subject to hydrolysis) is 1. The molecule has 2 aromatic carbocycles. The number of ether oxygens (including phenoxy) is 2. The van der Waals surface area contributed by atoms with Crippen LogP contribution in [0.3, 0.4) is 0 Å². The van der Waals surface area contributed by atoms with Crippen LogP contribution in [0.4, 0.5) is 21.0 Å². The molecule has 14 nitrogen and oxygen atoms in total. The summed E-state index contributed by atoms with van der Waals surface area (Å²) < 4.78 is 10.6. The minimum absolute atomic E-state index is 0.0668. The molecule has 3 amide bonds. The molecule has 2 heterocycles. The van der Waals surface area contributed by atoms with Crippen molar-refractivity contribution in [3.8, 4) is 0 Å². The van der Waals surface area contributed by atoms with Crippen molar-refractivity contribution in [2.45, 2.75) is 38.1 Å². The largest absolute Gasteiger partial charge is 0.445 e. The number of amides is 3. The predicted octanol–water partition coefficient (Wildman–Crippen LogP) is 2.65. The predicted molar refractivity (Wildman–Crippen MR) is 130 cm³/mol. The lowest BCUT2D eigenvalue weighted by Gasteiger charge is -2.31. The maximum atomic E-state index is 12.8. The van der Waals surface area contributed by atoms with Crippen molar-refractivity contribution in [3.05, 3.63) is 79.9 Å². The van der Waals surface area contributed by atoms with Gasteiger partial charge in [0.2, 0.25) is 5.91 Å². The van der Waals surface area contributed by atoms with E-state index < -0.39 is 39.9 Å². The van der Waals surface area contributed by atoms with Crippen molar-refractivity contribution >= 4 is 29.5 Å². The lowest BCUT2D eigenvalue weighted by molar-refractivity contribution is -0.385. The molecule has 0 aromatic heterocycles. The molecule has 2 aliphatic rings. The van der Waals surface area contributed by atoms with Crippen LogP contribution in [0.15, 0.2) is 48.5 Å². The first-order valence-corrected chi connectivity index (χ1v) is 11.8. The number of hydrogen-bond donors (Lipinski definition) is 2. The van der Waals surface area contributed by atoms with Gasteiger partial charge in [-0.2, -0.15) is 0 Å². The highest BCUT2D eigenvalue weighted by Crippen LogP contribution is 2.29. The van der Waals surface area contributed by atoms with Crippen molar-refractivity contribution in [2.24, 2.45) is 5.92 Å². The molecule has 0 saturated carbocycles. The average Bonchev–Trinajstić information content (AvgIpc) is 3.53. The Kier molecular flexibility index (Phi) is 7.99. The van der Waals surface area contributed by atoms with E-state index in [-0.39, 0.29) is 37.2 Å². The number of rotatable bonds is 8. The molecule has 0 radical (unpaired) electrons. The lowest BCUT2D eigenvalue weighted by Crippen LogP contribution is -2.50. The summed E-state index contributed by atoms with van der Waals surface area (Å²) in [7, 11) is 0. The van der Waals surface area contributed by atoms with Crippen LogP contribution >= 0.6 is 0 Å². The van der Waals surface area contributed by atoms with Crippen LogP contribution in [0.1, 0.15) is 24.0 Å². The van der Waals surface area contributed by atoms with E-state index in [0.717, 1.165) is 0 Å². The standard InChI is InChI=1S/C24H25N5O9/c30-22-21(26-23(31)37-13-15-3-7-17(8-4-15)28(33)34)19(12-25-22)20-2-1-11-27(20)24(32)38-14-16-5-9-18(10-6-16)29(35)36/h3-10,19-21H,1-2,11-14H2,(H,25,30)(H,26,31). The molecule has 2 saturated heterocycles. The highest BCUT2D eigenvalue weighted by Gasteiger charge is 2.46. The van der Waals surface area contributed by atoms with Gasteiger partial charge in [-0.25, -0.2) is 9.59 Å². The Bertz CT molecular complexity index is 1220. The Balaban J connectivity index is 1.32. The molecule has 200 valence electrons. The second-order valence-corrected chi connectivity index (χ2v) is 8.91. The summed E-state index contributed by atoms with van der Waals surface area (Å²) in [4.78, 5) is 59.8. The number of nitrogens with one attached hydrogen (secondary N) is 2. The first kappa shape index (κ1) is 26.3. The molecule has 0 aliphatic carbocycles. The van der Waals surface area contributed by atoms with Gasteiger partial charge in [0.25, 0.3) is 11.4 Å². The Labute approximate surface area is 216 Å². The van der Waals surface area contributed by atoms with E-state index in [0.29, 0.717) is 30.5 Å². The van der Waals surface area contributed by atoms with E-state index in [1.807, 2.05) is 0 Å². The van der Waals surface area contributed by atoms with Gasteiger partial charge in [0.1, 0.15) is 19.3 Å². The molecule has 38 heavy (non-hydrogen) atoms. The van der Waals surface area contributed by atoms with E-state index in [1.165, 1.54) is 53.4 Å². The van der Waals surface area contributed by atoms with E-state index in [1.54, 1.807) is 0 Å². The summed E-state index contributed by atoms with van der Waals surface area (Å²) in [6.07, 6.45) is -0.105. The maximum absolute atomic E-state index is 12.8. The minimum atomic E-state index is -0.924. The second kappa shape index (κ2) is 11.5. The maximum Gasteiger partial charge on any atom is 0.410 e. The summed E-state index contributed by atoms with van der Waals surface area (Å²) in [5.74, 6) is -0.808.